The molecule has 0 aliphatic heterocycles. The summed E-state index contributed by atoms with van der Waals surface area (Å²) >= 11 is 1.67. The molecule has 1 amide bonds. The molecular formula is C15H18N2OS. The zero-order valence-electron chi connectivity index (χ0n) is 10.7. The summed E-state index contributed by atoms with van der Waals surface area (Å²) in [6, 6.07) is 11.4. The Bertz CT molecular complexity index is 496. The van der Waals surface area contributed by atoms with Crippen molar-refractivity contribution in [1.29, 1.82) is 0 Å². The van der Waals surface area contributed by atoms with E-state index in [9.17, 15) is 4.79 Å². The van der Waals surface area contributed by atoms with Crippen molar-refractivity contribution in [3.05, 3.63) is 58.3 Å². The Morgan fingerprint density at radius 2 is 2.00 bits per heavy atom. The number of nitrogens with two attached hydrogens (primary N) is 1. The monoisotopic (exact) mass is 274 g/mol. The molecular weight excluding hydrogens is 256 g/mol. The molecule has 3 N–H and O–H groups in total. The predicted molar refractivity (Wildman–Crippen MR) is 79.2 cm³/mol. The quantitative estimate of drug-likeness (QED) is 0.846. The first-order chi connectivity index (χ1) is 9.25. The van der Waals surface area contributed by atoms with E-state index in [0.29, 0.717) is 13.0 Å². The maximum Gasteiger partial charge on any atom is 0.237 e. The van der Waals surface area contributed by atoms with Gasteiger partial charge in [-0.15, -0.1) is 0 Å². The Morgan fingerprint density at radius 3 is 2.68 bits per heavy atom. The van der Waals surface area contributed by atoms with Gasteiger partial charge in [0.1, 0.15) is 0 Å². The van der Waals surface area contributed by atoms with E-state index in [1.54, 1.807) is 11.3 Å². The summed E-state index contributed by atoms with van der Waals surface area (Å²) in [5, 5.41) is 7.01. The lowest BCUT2D eigenvalue weighted by Gasteiger charge is -2.12. The molecule has 1 unspecified atom stereocenters. The van der Waals surface area contributed by atoms with Gasteiger partial charge in [-0.1, -0.05) is 30.3 Å². The third-order valence-electron chi connectivity index (χ3n) is 2.93. The van der Waals surface area contributed by atoms with Gasteiger partial charge in [-0.3, -0.25) is 4.79 Å². The van der Waals surface area contributed by atoms with Crippen molar-refractivity contribution in [3.8, 4) is 0 Å². The van der Waals surface area contributed by atoms with Crippen LogP contribution in [0.4, 0.5) is 0 Å². The molecule has 4 heteroatoms. The molecule has 2 aromatic rings. The van der Waals surface area contributed by atoms with Crippen molar-refractivity contribution in [2.45, 2.75) is 18.9 Å². The van der Waals surface area contributed by atoms with Gasteiger partial charge in [0.2, 0.25) is 5.91 Å². The number of benzene rings is 1. The van der Waals surface area contributed by atoms with Gasteiger partial charge in [0.25, 0.3) is 0 Å². The number of carbonyl (C=O) groups is 1. The Labute approximate surface area is 117 Å². The van der Waals surface area contributed by atoms with Crippen LogP contribution in [0.2, 0.25) is 0 Å². The van der Waals surface area contributed by atoms with Crippen LogP contribution in [0.25, 0.3) is 0 Å². The highest BCUT2D eigenvalue weighted by Gasteiger charge is 2.13. The van der Waals surface area contributed by atoms with Gasteiger partial charge in [0.05, 0.1) is 6.04 Å². The van der Waals surface area contributed by atoms with Gasteiger partial charge in [-0.05, 0) is 40.8 Å². The molecule has 0 spiro atoms. The average Bonchev–Trinajstić information content (AvgIpc) is 2.93. The van der Waals surface area contributed by atoms with Crippen molar-refractivity contribution in [2.24, 2.45) is 5.73 Å². The summed E-state index contributed by atoms with van der Waals surface area (Å²) in [6.45, 7) is 0.637. The molecule has 0 aliphatic rings. The second-order valence-electron chi connectivity index (χ2n) is 4.47. The molecule has 0 bridgehead atoms. The SMILES string of the molecule is NC(Cc1ccccc1)C(=O)NCCc1ccsc1. The van der Waals surface area contributed by atoms with Gasteiger partial charge in [-0.25, -0.2) is 0 Å². The summed E-state index contributed by atoms with van der Waals surface area (Å²) in [5.74, 6) is -0.0842. The Morgan fingerprint density at radius 1 is 1.21 bits per heavy atom. The molecule has 2 rings (SSSR count). The number of hydrogen-bond acceptors (Lipinski definition) is 3. The standard InChI is InChI=1S/C15H18N2OS/c16-14(10-12-4-2-1-3-5-12)15(18)17-8-6-13-7-9-19-11-13/h1-5,7,9,11,14H,6,8,10,16H2,(H,17,18). The second kappa shape index (κ2) is 7.07. The summed E-state index contributed by atoms with van der Waals surface area (Å²) in [7, 11) is 0. The van der Waals surface area contributed by atoms with Gasteiger partial charge in [0, 0.05) is 6.54 Å². The van der Waals surface area contributed by atoms with Crippen LogP contribution in [0.15, 0.2) is 47.2 Å². The fraction of sp³-hybridized carbons (Fsp3) is 0.267. The third kappa shape index (κ3) is 4.50. The molecule has 1 aromatic heterocycles. The Kier molecular flexibility index (Phi) is 5.12. The minimum Gasteiger partial charge on any atom is -0.354 e. The summed E-state index contributed by atoms with van der Waals surface area (Å²) in [4.78, 5) is 11.8. The van der Waals surface area contributed by atoms with Gasteiger partial charge in [-0.2, -0.15) is 11.3 Å². The Hall–Kier alpha value is -1.65. The van der Waals surface area contributed by atoms with Crippen LogP contribution in [0, 0.1) is 0 Å². The molecule has 0 saturated heterocycles. The fourth-order valence-electron chi connectivity index (χ4n) is 1.86. The molecule has 100 valence electrons. The highest BCUT2D eigenvalue weighted by Crippen LogP contribution is 2.06. The van der Waals surface area contributed by atoms with Crippen LogP contribution in [0.5, 0.6) is 0 Å². The predicted octanol–water partition coefficient (Wildman–Crippen LogP) is 1.98. The van der Waals surface area contributed by atoms with E-state index in [2.05, 4.69) is 16.8 Å². The number of rotatable bonds is 6. The zero-order chi connectivity index (χ0) is 13.5. The lowest BCUT2D eigenvalue weighted by atomic mass is 10.1. The summed E-state index contributed by atoms with van der Waals surface area (Å²) < 4.78 is 0. The van der Waals surface area contributed by atoms with Crippen LogP contribution in [-0.2, 0) is 17.6 Å². The normalized spacial score (nSPS) is 12.1. The molecule has 0 aliphatic carbocycles. The van der Waals surface area contributed by atoms with E-state index in [0.717, 1.165) is 12.0 Å². The van der Waals surface area contributed by atoms with Crippen LogP contribution in [-0.4, -0.2) is 18.5 Å². The van der Waals surface area contributed by atoms with Gasteiger partial charge in [0.15, 0.2) is 0 Å². The van der Waals surface area contributed by atoms with Crippen molar-refractivity contribution in [3.63, 3.8) is 0 Å². The van der Waals surface area contributed by atoms with Crippen LogP contribution in [0.3, 0.4) is 0 Å². The van der Waals surface area contributed by atoms with E-state index in [-0.39, 0.29) is 5.91 Å². The smallest absolute Gasteiger partial charge is 0.237 e. The molecule has 1 heterocycles. The first-order valence-corrected chi connectivity index (χ1v) is 7.28. The molecule has 19 heavy (non-hydrogen) atoms. The largest absolute Gasteiger partial charge is 0.354 e. The van der Waals surface area contributed by atoms with Gasteiger partial charge >= 0.3 is 0 Å². The first kappa shape index (κ1) is 13.8. The van der Waals surface area contributed by atoms with Crippen molar-refractivity contribution in [2.75, 3.05) is 6.54 Å². The minimum atomic E-state index is -0.482. The van der Waals surface area contributed by atoms with E-state index in [1.165, 1.54) is 5.56 Å². The molecule has 0 saturated carbocycles. The zero-order valence-corrected chi connectivity index (χ0v) is 11.5. The minimum absolute atomic E-state index is 0.0842. The first-order valence-electron chi connectivity index (χ1n) is 6.34. The number of hydrogen-bond donors (Lipinski definition) is 2. The average molecular weight is 274 g/mol. The molecule has 1 aromatic carbocycles. The maximum absolute atomic E-state index is 11.8. The van der Waals surface area contributed by atoms with Crippen molar-refractivity contribution >= 4 is 17.2 Å². The van der Waals surface area contributed by atoms with E-state index in [1.807, 2.05) is 35.7 Å². The highest BCUT2D eigenvalue weighted by molar-refractivity contribution is 7.07. The number of carbonyl (C=O) groups excluding carboxylic acids is 1. The lowest BCUT2D eigenvalue weighted by molar-refractivity contribution is -0.122. The topological polar surface area (TPSA) is 55.1 Å². The maximum atomic E-state index is 11.8. The summed E-state index contributed by atoms with van der Waals surface area (Å²) in [5.41, 5.74) is 8.24. The molecule has 1 atom stereocenters. The highest BCUT2D eigenvalue weighted by atomic mass is 32.1. The van der Waals surface area contributed by atoms with E-state index in [4.69, 9.17) is 5.73 Å². The van der Waals surface area contributed by atoms with Crippen molar-refractivity contribution in [1.82, 2.24) is 5.32 Å². The van der Waals surface area contributed by atoms with Crippen LogP contribution < -0.4 is 11.1 Å². The molecule has 0 radical (unpaired) electrons. The fourth-order valence-corrected chi connectivity index (χ4v) is 2.56. The number of thiophene rings is 1. The molecule has 0 fully saturated rings. The van der Waals surface area contributed by atoms with Crippen LogP contribution >= 0.6 is 11.3 Å². The lowest BCUT2D eigenvalue weighted by Crippen LogP contribution is -2.42. The van der Waals surface area contributed by atoms with Gasteiger partial charge < -0.3 is 11.1 Å². The van der Waals surface area contributed by atoms with Crippen molar-refractivity contribution < 1.29 is 4.79 Å². The third-order valence-corrected chi connectivity index (χ3v) is 3.66. The second-order valence-corrected chi connectivity index (χ2v) is 5.25. The van der Waals surface area contributed by atoms with E-state index < -0.39 is 6.04 Å². The summed E-state index contributed by atoms with van der Waals surface area (Å²) in [6.07, 6.45) is 1.43. The number of nitrogens with one attached hydrogen (secondary N) is 1. The van der Waals surface area contributed by atoms with Crippen LogP contribution in [0.1, 0.15) is 11.1 Å². The molecule has 3 nitrogen and oxygen atoms in total. The van der Waals surface area contributed by atoms with E-state index >= 15 is 0 Å². The Balaban J connectivity index is 1.73. The number of amides is 1.